The molecule has 0 radical (unpaired) electrons. The highest BCUT2D eigenvalue weighted by Gasteiger charge is 2.19. The molecule has 1 heterocycles. The van der Waals surface area contributed by atoms with Gasteiger partial charge >= 0.3 is 0 Å². The molecular formula is C16H26N2O. The second-order valence-corrected chi connectivity index (χ2v) is 5.30. The molecule has 0 aromatic heterocycles. The molecule has 1 unspecified atom stereocenters. The average molecular weight is 262 g/mol. The van der Waals surface area contributed by atoms with Gasteiger partial charge in [-0.2, -0.15) is 0 Å². The monoisotopic (exact) mass is 262 g/mol. The fraction of sp³-hybridized carbons (Fsp3) is 0.625. The van der Waals surface area contributed by atoms with Gasteiger partial charge in [-0.05, 0) is 50.6 Å². The van der Waals surface area contributed by atoms with Gasteiger partial charge in [-0.3, -0.25) is 4.90 Å². The van der Waals surface area contributed by atoms with Crippen LogP contribution in [0.15, 0.2) is 24.3 Å². The SMILES string of the molecule is CCNCc1ccc(OCCN2CCCC2C)cc1. The minimum absolute atomic E-state index is 0.728. The van der Waals surface area contributed by atoms with Gasteiger partial charge in [0.15, 0.2) is 0 Å². The minimum Gasteiger partial charge on any atom is -0.492 e. The summed E-state index contributed by atoms with van der Waals surface area (Å²) in [6.07, 6.45) is 2.67. The van der Waals surface area contributed by atoms with Gasteiger partial charge in [-0.15, -0.1) is 0 Å². The Hall–Kier alpha value is -1.06. The molecule has 0 spiro atoms. The maximum atomic E-state index is 5.81. The van der Waals surface area contributed by atoms with Crippen molar-refractivity contribution in [2.75, 3.05) is 26.2 Å². The molecule has 3 heteroatoms. The van der Waals surface area contributed by atoms with Crippen LogP contribution in [0.1, 0.15) is 32.3 Å². The summed E-state index contributed by atoms with van der Waals surface area (Å²) in [5.74, 6) is 0.979. The van der Waals surface area contributed by atoms with Crippen LogP contribution in [0.3, 0.4) is 0 Å². The molecule has 1 aromatic rings. The van der Waals surface area contributed by atoms with Crippen molar-refractivity contribution in [3.05, 3.63) is 29.8 Å². The first kappa shape index (κ1) is 14.4. The van der Waals surface area contributed by atoms with E-state index >= 15 is 0 Å². The lowest BCUT2D eigenvalue weighted by molar-refractivity contribution is 0.204. The fourth-order valence-corrected chi connectivity index (χ4v) is 2.58. The van der Waals surface area contributed by atoms with E-state index in [1.54, 1.807) is 0 Å². The number of benzene rings is 1. The van der Waals surface area contributed by atoms with E-state index in [4.69, 9.17) is 4.74 Å². The maximum Gasteiger partial charge on any atom is 0.119 e. The van der Waals surface area contributed by atoms with Gasteiger partial charge in [0.25, 0.3) is 0 Å². The molecular weight excluding hydrogens is 236 g/mol. The number of hydrogen-bond acceptors (Lipinski definition) is 3. The summed E-state index contributed by atoms with van der Waals surface area (Å²) in [6.45, 7) is 9.43. The van der Waals surface area contributed by atoms with Crippen LogP contribution < -0.4 is 10.1 Å². The zero-order valence-electron chi connectivity index (χ0n) is 12.2. The minimum atomic E-state index is 0.728. The first-order chi connectivity index (χ1) is 9.29. The number of hydrogen-bond donors (Lipinski definition) is 1. The number of nitrogens with one attached hydrogen (secondary N) is 1. The van der Waals surface area contributed by atoms with Gasteiger partial charge in [0, 0.05) is 19.1 Å². The lowest BCUT2D eigenvalue weighted by Crippen LogP contribution is -2.31. The van der Waals surface area contributed by atoms with Crippen molar-refractivity contribution < 1.29 is 4.74 Å². The molecule has 3 nitrogen and oxygen atoms in total. The summed E-state index contributed by atoms with van der Waals surface area (Å²) in [5, 5.41) is 3.32. The molecule has 0 amide bonds. The van der Waals surface area contributed by atoms with Crippen molar-refractivity contribution in [2.24, 2.45) is 0 Å². The second-order valence-electron chi connectivity index (χ2n) is 5.30. The summed E-state index contributed by atoms with van der Waals surface area (Å²) < 4.78 is 5.81. The molecule has 0 saturated carbocycles. The van der Waals surface area contributed by atoms with Crippen molar-refractivity contribution in [3.8, 4) is 5.75 Å². The fourth-order valence-electron chi connectivity index (χ4n) is 2.58. The number of ether oxygens (including phenoxy) is 1. The maximum absolute atomic E-state index is 5.81. The third-order valence-corrected chi connectivity index (χ3v) is 3.84. The summed E-state index contributed by atoms with van der Waals surface area (Å²) >= 11 is 0. The number of nitrogens with zero attached hydrogens (tertiary/aromatic N) is 1. The van der Waals surface area contributed by atoms with Gasteiger partial charge in [0.2, 0.25) is 0 Å². The van der Waals surface area contributed by atoms with Gasteiger partial charge in [-0.1, -0.05) is 19.1 Å². The van der Waals surface area contributed by atoms with E-state index in [-0.39, 0.29) is 0 Å². The van der Waals surface area contributed by atoms with Crippen LogP contribution in [0.2, 0.25) is 0 Å². The normalized spacial score (nSPS) is 19.8. The van der Waals surface area contributed by atoms with E-state index in [0.717, 1.165) is 38.0 Å². The van der Waals surface area contributed by atoms with Crippen molar-refractivity contribution in [3.63, 3.8) is 0 Å². The molecule has 2 rings (SSSR count). The van der Waals surface area contributed by atoms with Crippen LogP contribution >= 0.6 is 0 Å². The smallest absolute Gasteiger partial charge is 0.119 e. The van der Waals surface area contributed by atoms with Crippen molar-refractivity contribution in [1.82, 2.24) is 10.2 Å². The molecule has 1 aliphatic heterocycles. The Balaban J connectivity index is 1.70. The highest BCUT2D eigenvalue weighted by atomic mass is 16.5. The second kappa shape index (κ2) is 7.51. The summed E-state index contributed by atoms with van der Waals surface area (Å²) in [6, 6.07) is 9.14. The first-order valence-corrected chi connectivity index (χ1v) is 7.46. The average Bonchev–Trinajstić information content (AvgIpc) is 2.84. The van der Waals surface area contributed by atoms with E-state index < -0.39 is 0 Å². The lowest BCUT2D eigenvalue weighted by atomic mass is 10.2. The third kappa shape index (κ3) is 4.51. The van der Waals surface area contributed by atoms with Crippen LogP contribution in [-0.2, 0) is 6.54 Å². The molecule has 0 bridgehead atoms. The van der Waals surface area contributed by atoms with Crippen LogP contribution in [-0.4, -0.2) is 37.2 Å². The van der Waals surface area contributed by atoms with Crippen LogP contribution in [0.25, 0.3) is 0 Å². The van der Waals surface area contributed by atoms with E-state index in [2.05, 4.69) is 48.3 Å². The Morgan fingerprint density at radius 2 is 2.11 bits per heavy atom. The standard InChI is InChI=1S/C16H26N2O/c1-3-17-13-15-6-8-16(9-7-15)19-12-11-18-10-4-5-14(18)2/h6-9,14,17H,3-5,10-13H2,1-2H3. The van der Waals surface area contributed by atoms with Crippen molar-refractivity contribution in [2.45, 2.75) is 39.3 Å². The molecule has 19 heavy (non-hydrogen) atoms. The Bertz CT molecular complexity index is 364. The predicted octanol–water partition coefficient (Wildman–Crippen LogP) is 2.66. The van der Waals surface area contributed by atoms with E-state index in [1.165, 1.54) is 24.9 Å². The van der Waals surface area contributed by atoms with Gasteiger partial charge in [0.1, 0.15) is 12.4 Å². The van der Waals surface area contributed by atoms with Gasteiger partial charge < -0.3 is 10.1 Å². The molecule has 106 valence electrons. The number of likely N-dealkylation sites (tertiary alicyclic amines) is 1. The Morgan fingerprint density at radius 1 is 1.32 bits per heavy atom. The Kier molecular flexibility index (Phi) is 5.67. The van der Waals surface area contributed by atoms with E-state index in [1.807, 2.05) is 0 Å². The van der Waals surface area contributed by atoms with Crippen LogP contribution in [0, 0.1) is 0 Å². The zero-order chi connectivity index (χ0) is 13.5. The molecule has 0 aliphatic carbocycles. The largest absolute Gasteiger partial charge is 0.492 e. The predicted molar refractivity (Wildman–Crippen MR) is 79.6 cm³/mol. The Labute approximate surface area is 116 Å². The number of rotatable bonds is 7. The molecule has 1 N–H and O–H groups in total. The zero-order valence-corrected chi connectivity index (χ0v) is 12.2. The third-order valence-electron chi connectivity index (χ3n) is 3.84. The first-order valence-electron chi connectivity index (χ1n) is 7.46. The molecule has 1 fully saturated rings. The van der Waals surface area contributed by atoms with Crippen molar-refractivity contribution in [1.29, 1.82) is 0 Å². The van der Waals surface area contributed by atoms with Crippen LogP contribution in [0.4, 0.5) is 0 Å². The summed E-state index contributed by atoms with van der Waals surface area (Å²) in [5.41, 5.74) is 1.31. The summed E-state index contributed by atoms with van der Waals surface area (Å²) in [4.78, 5) is 2.51. The quantitative estimate of drug-likeness (QED) is 0.817. The molecule has 1 aromatic carbocycles. The van der Waals surface area contributed by atoms with E-state index in [0.29, 0.717) is 0 Å². The molecule has 1 aliphatic rings. The van der Waals surface area contributed by atoms with Gasteiger partial charge in [0.05, 0.1) is 0 Å². The van der Waals surface area contributed by atoms with Crippen molar-refractivity contribution >= 4 is 0 Å². The van der Waals surface area contributed by atoms with Gasteiger partial charge in [-0.25, -0.2) is 0 Å². The van der Waals surface area contributed by atoms with Crippen LogP contribution in [0.5, 0.6) is 5.75 Å². The Morgan fingerprint density at radius 3 is 2.74 bits per heavy atom. The highest BCUT2D eigenvalue weighted by molar-refractivity contribution is 5.27. The van der Waals surface area contributed by atoms with E-state index in [9.17, 15) is 0 Å². The topological polar surface area (TPSA) is 24.5 Å². The molecule has 1 atom stereocenters. The molecule has 1 saturated heterocycles. The highest BCUT2D eigenvalue weighted by Crippen LogP contribution is 2.16. The summed E-state index contributed by atoms with van der Waals surface area (Å²) in [7, 11) is 0. The lowest BCUT2D eigenvalue weighted by Gasteiger charge is -2.20.